The minimum atomic E-state index is -0.861. The molecule has 0 fully saturated rings. The summed E-state index contributed by atoms with van der Waals surface area (Å²) >= 11 is 1.19. The van der Waals surface area contributed by atoms with Gasteiger partial charge in [0, 0.05) is 12.6 Å². The molecule has 0 aromatic carbocycles. The number of carboxylic acids is 1. The Bertz CT molecular complexity index is 627. The number of thioether (sulfide) groups is 1. The quantitative estimate of drug-likeness (QED) is 0.790. The zero-order valence-corrected chi connectivity index (χ0v) is 12.9. The number of carboxylic acid groups (broad SMARTS) is 1. The van der Waals surface area contributed by atoms with Crippen LogP contribution in [0.3, 0.4) is 0 Å². The Morgan fingerprint density at radius 3 is 2.90 bits per heavy atom. The van der Waals surface area contributed by atoms with Crippen LogP contribution in [0.5, 0.6) is 0 Å². The summed E-state index contributed by atoms with van der Waals surface area (Å²) in [6.45, 7) is 4.66. The average molecular weight is 306 g/mol. The smallest absolute Gasteiger partial charge is 0.313 e. The lowest BCUT2D eigenvalue weighted by Gasteiger charge is -2.10. The van der Waals surface area contributed by atoms with Crippen molar-refractivity contribution in [3.63, 3.8) is 0 Å². The molecule has 6 nitrogen and oxygen atoms in total. The molecule has 21 heavy (non-hydrogen) atoms. The first kappa shape index (κ1) is 15.5. The largest absolute Gasteiger partial charge is 0.481 e. The summed E-state index contributed by atoms with van der Waals surface area (Å²) in [4.78, 5) is 15.1. The topological polar surface area (TPSA) is 80.9 Å². The minimum absolute atomic E-state index is 0.0224. The number of nitrogens with zero attached hydrogens (tertiary/aromatic N) is 4. The number of aromatic nitrogens is 4. The average Bonchev–Trinajstić information content (AvgIpc) is 2.82. The van der Waals surface area contributed by atoms with Crippen LogP contribution in [0.25, 0.3) is 0 Å². The van der Waals surface area contributed by atoms with Gasteiger partial charge in [0.25, 0.3) is 0 Å². The molecule has 7 heteroatoms. The zero-order valence-electron chi connectivity index (χ0n) is 12.1. The van der Waals surface area contributed by atoms with Gasteiger partial charge in [-0.3, -0.25) is 14.3 Å². The molecule has 112 valence electrons. The first-order valence-corrected chi connectivity index (χ1v) is 7.77. The molecule has 2 aromatic rings. The fraction of sp³-hybridized carbons (Fsp3) is 0.429. The Kier molecular flexibility index (Phi) is 5.32. The van der Waals surface area contributed by atoms with Crippen LogP contribution in [0, 0.1) is 6.92 Å². The molecule has 0 aliphatic heterocycles. The third-order valence-electron chi connectivity index (χ3n) is 3.02. The maximum Gasteiger partial charge on any atom is 0.313 e. The van der Waals surface area contributed by atoms with Crippen molar-refractivity contribution in [2.75, 3.05) is 5.75 Å². The van der Waals surface area contributed by atoms with Crippen LogP contribution in [0.4, 0.5) is 0 Å². The highest BCUT2D eigenvalue weighted by Crippen LogP contribution is 2.19. The molecule has 2 aromatic heterocycles. The Labute approximate surface area is 127 Å². The van der Waals surface area contributed by atoms with Gasteiger partial charge in [0.15, 0.2) is 5.16 Å². The Balaban J connectivity index is 2.27. The third-order valence-corrected chi connectivity index (χ3v) is 3.97. The number of hydrogen-bond acceptors (Lipinski definition) is 5. The van der Waals surface area contributed by atoms with Crippen LogP contribution >= 0.6 is 11.8 Å². The van der Waals surface area contributed by atoms with E-state index in [1.165, 1.54) is 11.8 Å². The molecule has 0 amide bonds. The van der Waals surface area contributed by atoms with Crippen molar-refractivity contribution in [3.8, 4) is 0 Å². The number of carbonyl (C=O) groups is 1. The van der Waals surface area contributed by atoms with Crippen molar-refractivity contribution in [2.45, 2.75) is 38.4 Å². The fourth-order valence-corrected chi connectivity index (χ4v) is 2.63. The molecular weight excluding hydrogens is 288 g/mol. The van der Waals surface area contributed by atoms with Crippen molar-refractivity contribution in [2.24, 2.45) is 0 Å². The predicted molar refractivity (Wildman–Crippen MR) is 80.5 cm³/mol. The summed E-state index contributed by atoms with van der Waals surface area (Å²) in [7, 11) is 0. The molecule has 0 bridgehead atoms. The van der Waals surface area contributed by atoms with Gasteiger partial charge in [0.1, 0.15) is 5.82 Å². The zero-order chi connectivity index (χ0) is 15.2. The highest BCUT2D eigenvalue weighted by Gasteiger charge is 2.15. The van der Waals surface area contributed by atoms with E-state index >= 15 is 0 Å². The second kappa shape index (κ2) is 7.21. The normalized spacial score (nSPS) is 10.8. The molecule has 2 heterocycles. The van der Waals surface area contributed by atoms with Gasteiger partial charge in [0.2, 0.25) is 0 Å². The van der Waals surface area contributed by atoms with Gasteiger partial charge in [-0.25, -0.2) is 0 Å². The van der Waals surface area contributed by atoms with Crippen LogP contribution in [0.2, 0.25) is 0 Å². The molecular formula is C14H18N4O2S. The molecule has 0 spiro atoms. The van der Waals surface area contributed by atoms with E-state index in [0.717, 1.165) is 29.9 Å². The summed E-state index contributed by atoms with van der Waals surface area (Å²) in [5, 5.41) is 17.7. The lowest BCUT2D eigenvalue weighted by atomic mass is 10.2. The summed E-state index contributed by atoms with van der Waals surface area (Å²) in [5.74, 6) is -0.0121. The second-order valence-corrected chi connectivity index (χ2v) is 5.63. The van der Waals surface area contributed by atoms with Crippen LogP contribution in [-0.4, -0.2) is 36.6 Å². The van der Waals surface area contributed by atoms with Gasteiger partial charge in [-0.05, 0) is 25.0 Å². The molecule has 1 N–H and O–H groups in total. The Morgan fingerprint density at radius 2 is 2.24 bits per heavy atom. The van der Waals surface area contributed by atoms with Crippen molar-refractivity contribution in [1.82, 2.24) is 19.7 Å². The number of pyridine rings is 1. The summed E-state index contributed by atoms with van der Waals surface area (Å²) in [5.41, 5.74) is 2.05. The van der Waals surface area contributed by atoms with E-state index < -0.39 is 5.97 Å². The second-order valence-electron chi connectivity index (χ2n) is 4.68. The van der Waals surface area contributed by atoms with E-state index in [2.05, 4.69) is 22.1 Å². The van der Waals surface area contributed by atoms with E-state index in [9.17, 15) is 4.79 Å². The summed E-state index contributed by atoms with van der Waals surface area (Å²) < 4.78 is 1.96. The first-order chi connectivity index (χ1) is 10.1. The molecule has 0 unspecified atom stereocenters. The molecule has 0 aliphatic rings. The van der Waals surface area contributed by atoms with Crippen molar-refractivity contribution in [3.05, 3.63) is 35.4 Å². The number of hydrogen-bond donors (Lipinski definition) is 1. The lowest BCUT2D eigenvalue weighted by molar-refractivity contribution is -0.133. The standard InChI is InChI=1S/C14H18N4O2S/c1-3-5-12-16-17-14(21-9-13(19)20)18(12)8-11-10(2)6-4-7-15-11/h4,6-7H,3,5,8-9H2,1-2H3,(H,19,20). The molecule has 0 aliphatic carbocycles. The Hall–Kier alpha value is -1.89. The number of aliphatic carboxylic acids is 1. The first-order valence-electron chi connectivity index (χ1n) is 6.79. The van der Waals surface area contributed by atoms with Crippen LogP contribution in [0.1, 0.15) is 30.4 Å². The van der Waals surface area contributed by atoms with Gasteiger partial charge in [0.05, 0.1) is 18.0 Å². The van der Waals surface area contributed by atoms with Gasteiger partial charge in [-0.1, -0.05) is 24.8 Å². The van der Waals surface area contributed by atoms with Gasteiger partial charge < -0.3 is 5.11 Å². The van der Waals surface area contributed by atoms with Crippen molar-refractivity contribution >= 4 is 17.7 Å². The predicted octanol–water partition coefficient (Wildman–Crippen LogP) is 2.16. The maximum atomic E-state index is 10.7. The molecule has 0 saturated carbocycles. The van der Waals surface area contributed by atoms with E-state index in [4.69, 9.17) is 5.11 Å². The van der Waals surface area contributed by atoms with E-state index in [0.29, 0.717) is 11.7 Å². The van der Waals surface area contributed by atoms with Crippen LogP contribution in [-0.2, 0) is 17.8 Å². The molecule has 0 atom stereocenters. The fourth-order valence-electron chi connectivity index (χ4n) is 1.95. The van der Waals surface area contributed by atoms with E-state index in [1.807, 2.05) is 23.6 Å². The van der Waals surface area contributed by atoms with Crippen molar-refractivity contribution in [1.29, 1.82) is 0 Å². The van der Waals surface area contributed by atoms with Gasteiger partial charge in [-0.15, -0.1) is 10.2 Å². The van der Waals surface area contributed by atoms with Crippen LogP contribution in [0.15, 0.2) is 23.5 Å². The SMILES string of the molecule is CCCc1nnc(SCC(=O)O)n1Cc1ncccc1C. The van der Waals surface area contributed by atoms with E-state index in [1.54, 1.807) is 6.20 Å². The third kappa shape index (κ3) is 4.04. The molecule has 2 rings (SSSR count). The van der Waals surface area contributed by atoms with E-state index in [-0.39, 0.29) is 5.75 Å². The van der Waals surface area contributed by atoms with Crippen molar-refractivity contribution < 1.29 is 9.90 Å². The van der Waals surface area contributed by atoms with Gasteiger partial charge >= 0.3 is 5.97 Å². The number of aryl methyl sites for hydroxylation is 2. The number of rotatable bonds is 7. The van der Waals surface area contributed by atoms with Crippen LogP contribution < -0.4 is 0 Å². The monoisotopic (exact) mass is 306 g/mol. The molecule has 0 saturated heterocycles. The summed E-state index contributed by atoms with van der Waals surface area (Å²) in [6.07, 6.45) is 3.53. The molecule has 0 radical (unpaired) electrons. The Morgan fingerprint density at radius 1 is 1.43 bits per heavy atom. The minimum Gasteiger partial charge on any atom is -0.481 e. The maximum absolute atomic E-state index is 10.7. The lowest BCUT2D eigenvalue weighted by Crippen LogP contribution is -2.10. The highest BCUT2D eigenvalue weighted by molar-refractivity contribution is 7.99. The van der Waals surface area contributed by atoms with Gasteiger partial charge in [-0.2, -0.15) is 0 Å². The summed E-state index contributed by atoms with van der Waals surface area (Å²) in [6, 6.07) is 3.91. The highest BCUT2D eigenvalue weighted by atomic mass is 32.2.